The molecule has 18 heavy (non-hydrogen) atoms. The minimum atomic E-state index is -0.171. The van der Waals surface area contributed by atoms with Gasteiger partial charge in [-0.1, -0.05) is 13.3 Å². The van der Waals surface area contributed by atoms with E-state index in [0.717, 1.165) is 25.7 Å². The van der Waals surface area contributed by atoms with Crippen LogP contribution in [0.4, 0.5) is 4.79 Å². The molecule has 1 aliphatic heterocycles. The molecular formula is C13H24N2O3. The average Bonchev–Trinajstić information content (AvgIpc) is 2.88. The zero-order chi connectivity index (χ0) is 13.2. The van der Waals surface area contributed by atoms with E-state index in [2.05, 4.69) is 10.6 Å². The maximum Gasteiger partial charge on any atom is 0.315 e. The monoisotopic (exact) mass is 256 g/mol. The van der Waals surface area contributed by atoms with Crippen molar-refractivity contribution in [2.75, 3.05) is 13.2 Å². The van der Waals surface area contributed by atoms with Crippen molar-refractivity contribution in [3.63, 3.8) is 0 Å². The summed E-state index contributed by atoms with van der Waals surface area (Å²) < 4.78 is 5.42. The summed E-state index contributed by atoms with van der Waals surface area (Å²) in [6.45, 7) is 4.85. The molecule has 2 amide bonds. The first-order chi connectivity index (χ1) is 8.55. The van der Waals surface area contributed by atoms with E-state index in [4.69, 9.17) is 4.74 Å². The highest BCUT2D eigenvalue weighted by Gasteiger charge is 2.39. The smallest absolute Gasteiger partial charge is 0.315 e. The lowest BCUT2D eigenvalue weighted by molar-refractivity contribution is 0.110. The molecule has 4 unspecified atom stereocenters. The predicted octanol–water partition coefficient (Wildman–Crippen LogP) is 1.01. The van der Waals surface area contributed by atoms with Crippen LogP contribution in [0.2, 0.25) is 0 Å². The van der Waals surface area contributed by atoms with Crippen LogP contribution in [-0.4, -0.2) is 42.5 Å². The van der Waals surface area contributed by atoms with E-state index in [1.807, 2.05) is 13.8 Å². The van der Waals surface area contributed by atoms with E-state index in [-0.39, 0.29) is 36.2 Å². The molecule has 2 rings (SSSR count). The normalized spacial score (nSPS) is 39.8. The number of hydrogen-bond donors (Lipinski definition) is 3. The van der Waals surface area contributed by atoms with E-state index < -0.39 is 0 Å². The van der Waals surface area contributed by atoms with Gasteiger partial charge in [0, 0.05) is 18.1 Å². The van der Waals surface area contributed by atoms with Crippen molar-refractivity contribution < 1.29 is 14.6 Å². The Morgan fingerprint density at radius 1 is 1.44 bits per heavy atom. The topological polar surface area (TPSA) is 70.6 Å². The fraction of sp³-hybridized carbons (Fsp3) is 0.923. The third kappa shape index (κ3) is 2.78. The Hall–Kier alpha value is -0.810. The lowest BCUT2D eigenvalue weighted by atomic mass is 9.86. The van der Waals surface area contributed by atoms with Gasteiger partial charge >= 0.3 is 6.03 Å². The van der Waals surface area contributed by atoms with E-state index >= 15 is 0 Å². The summed E-state index contributed by atoms with van der Waals surface area (Å²) in [4.78, 5) is 11.9. The fourth-order valence-corrected chi connectivity index (χ4v) is 2.96. The Kier molecular flexibility index (Phi) is 4.12. The van der Waals surface area contributed by atoms with E-state index in [0.29, 0.717) is 6.61 Å². The molecule has 1 saturated heterocycles. The van der Waals surface area contributed by atoms with Crippen molar-refractivity contribution in [3.8, 4) is 0 Å². The van der Waals surface area contributed by atoms with Gasteiger partial charge in [-0.15, -0.1) is 0 Å². The van der Waals surface area contributed by atoms with Crippen molar-refractivity contribution in [2.45, 2.75) is 57.7 Å². The highest BCUT2D eigenvalue weighted by molar-refractivity contribution is 5.74. The van der Waals surface area contributed by atoms with Crippen molar-refractivity contribution >= 4 is 6.03 Å². The number of aliphatic hydroxyl groups is 1. The third-order valence-corrected chi connectivity index (χ3v) is 4.44. The highest BCUT2D eigenvalue weighted by Crippen LogP contribution is 2.37. The van der Waals surface area contributed by atoms with E-state index in [1.165, 1.54) is 0 Å². The maximum absolute atomic E-state index is 11.9. The highest BCUT2D eigenvalue weighted by atomic mass is 16.5. The first kappa shape index (κ1) is 13.6. The minimum absolute atomic E-state index is 0.0696. The number of hydrogen-bond acceptors (Lipinski definition) is 3. The SMILES string of the molecule is CC1OCCC1NC(=O)NC1CCCC1(C)CO. The van der Waals surface area contributed by atoms with Gasteiger partial charge in [0.15, 0.2) is 0 Å². The molecule has 5 nitrogen and oxygen atoms in total. The summed E-state index contributed by atoms with van der Waals surface area (Å²) in [6, 6.07) is 0.0378. The maximum atomic E-state index is 11.9. The van der Waals surface area contributed by atoms with Gasteiger partial charge in [-0.25, -0.2) is 4.79 Å². The van der Waals surface area contributed by atoms with Gasteiger partial charge in [-0.05, 0) is 26.2 Å². The molecule has 104 valence electrons. The summed E-state index contributed by atoms with van der Waals surface area (Å²) in [5.74, 6) is 0. The minimum Gasteiger partial charge on any atom is -0.396 e. The lowest BCUT2D eigenvalue weighted by Crippen LogP contribution is -2.52. The average molecular weight is 256 g/mol. The van der Waals surface area contributed by atoms with Crippen LogP contribution in [0, 0.1) is 5.41 Å². The molecule has 5 heteroatoms. The third-order valence-electron chi connectivity index (χ3n) is 4.44. The Bertz CT molecular complexity index is 311. The second-order valence-electron chi connectivity index (χ2n) is 5.85. The van der Waals surface area contributed by atoms with E-state index in [9.17, 15) is 9.90 Å². The Morgan fingerprint density at radius 2 is 2.22 bits per heavy atom. The van der Waals surface area contributed by atoms with Crippen LogP contribution in [0.3, 0.4) is 0 Å². The molecule has 1 heterocycles. The van der Waals surface area contributed by atoms with Crippen molar-refractivity contribution in [1.82, 2.24) is 10.6 Å². The summed E-state index contributed by atoms with van der Waals surface area (Å²) in [5.41, 5.74) is -0.171. The molecule has 1 aliphatic carbocycles. The van der Waals surface area contributed by atoms with Crippen LogP contribution in [0.15, 0.2) is 0 Å². The number of urea groups is 1. The van der Waals surface area contributed by atoms with Crippen LogP contribution in [0.25, 0.3) is 0 Å². The molecule has 0 aromatic rings. The molecule has 0 bridgehead atoms. The van der Waals surface area contributed by atoms with Crippen molar-refractivity contribution in [3.05, 3.63) is 0 Å². The summed E-state index contributed by atoms with van der Waals surface area (Å²) in [5, 5.41) is 15.4. The summed E-state index contributed by atoms with van der Waals surface area (Å²) in [6.07, 6.45) is 3.93. The number of carbonyl (C=O) groups excluding carboxylic acids is 1. The lowest BCUT2D eigenvalue weighted by Gasteiger charge is -2.30. The van der Waals surface area contributed by atoms with Gasteiger partial charge in [-0.2, -0.15) is 0 Å². The molecule has 3 N–H and O–H groups in total. The number of ether oxygens (including phenoxy) is 1. The Morgan fingerprint density at radius 3 is 2.83 bits per heavy atom. The van der Waals surface area contributed by atoms with Gasteiger partial charge in [-0.3, -0.25) is 0 Å². The Labute approximate surface area is 108 Å². The first-order valence-electron chi connectivity index (χ1n) is 6.85. The van der Waals surface area contributed by atoms with Crippen LogP contribution < -0.4 is 10.6 Å². The largest absolute Gasteiger partial charge is 0.396 e. The number of carbonyl (C=O) groups is 1. The van der Waals surface area contributed by atoms with Crippen LogP contribution in [-0.2, 0) is 4.74 Å². The van der Waals surface area contributed by atoms with Crippen LogP contribution in [0.1, 0.15) is 39.5 Å². The number of aliphatic hydroxyl groups excluding tert-OH is 1. The van der Waals surface area contributed by atoms with Crippen LogP contribution >= 0.6 is 0 Å². The van der Waals surface area contributed by atoms with Gasteiger partial charge in [0.25, 0.3) is 0 Å². The predicted molar refractivity (Wildman–Crippen MR) is 68.3 cm³/mol. The van der Waals surface area contributed by atoms with E-state index in [1.54, 1.807) is 0 Å². The second-order valence-corrected chi connectivity index (χ2v) is 5.85. The zero-order valence-electron chi connectivity index (χ0n) is 11.2. The number of rotatable bonds is 3. The van der Waals surface area contributed by atoms with Crippen molar-refractivity contribution in [2.24, 2.45) is 5.41 Å². The van der Waals surface area contributed by atoms with Gasteiger partial charge in [0.1, 0.15) is 0 Å². The molecule has 0 spiro atoms. The molecular weight excluding hydrogens is 232 g/mol. The molecule has 0 aromatic heterocycles. The summed E-state index contributed by atoms with van der Waals surface area (Å²) in [7, 11) is 0. The van der Waals surface area contributed by atoms with Gasteiger partial charge < -0.3 is 20.5 Å². The quantitative estimate of drug-likeness (QED) is 0.706. The number of nitrogens with one attached hydrogen (secondary N) is 2. The molecule has 2 aliphatic rings. The second kappa shape index (κ2) is 5.45. The molecule has 0 aromatic carbocycles. The van der Waals surface area contributed by atoms with Gasteiger partial charge in [0.2, 0.25) is 0 Å². The summed E-state index contributed by atoms with van der Waals surface area (Å²) >= 11 is 0. The zero-order valence-corrected chi connectivity index (χ0v) is 11.2. The molecule has 4 atom stereocenters. The van der Waals surface area contributed by atoms with Gasteiger partial charge in [0.05, 0.1) is 18.8 Å². The fourth-order valence-electron chi connectivity index (χ4n) is 2.96. The first-order valence-corrected chi connectivity index (χ1v) is 6.85. The Balaban J connectivity index is 1.84. The standard InChI is InChI=1S/C13H24N2O3/c1-9-10(5-7-18-9)14-12(17)15-11-4-3-6-13(11,2)8-16/h9-11,16H,3-8H2,1-2H3,(H2,14,15,17). The molecule has 2 fully saturated rings. The van der Waals surface area contributed by atoms with Crippen LogP contribution in [0.5, 0.6) is 0 Å². The molecule has 0 radical (unpaired) electrons. The van der Waals surface area contributed by atoms with Crippen molar-refractivity contribution in [1.29, 1.82) is 0 Å². The number of amides is 2. The molecule has 1 saturated carbocycles.